The highest BCUT2D eigenvalue weighted by Crippen LogP contribution is 2.40. The van der Waals surface area contributed by atoms with Gasteiger partial charge in [0.25, 0.3) is 0 Å². The molecule has 1 aromatic rings. The molecule has 4 nitrogen and oxygen atoms in total. The Bertz CT molecular complexity index is 641. The van der Waals surface area contributed by atoms with E-state index in [0.29, 0.717) is 11.1 Å². The number of carbonyl (C=O) groups is 1. The summed E-state index contributed by atoms with van der Waals surface area (Å²) in [4.78, 5) is 11.0. The van der Waals surface area contributed by atoms with Crippen LogP contribution in [0.3, 0.4) is 0 Å². The summed E-state index contributed by atoms with van der Waals surface area (Å²) in [5, 5.41) is 10.0. The molecule has 1 aliphatic heterocycles. The minimum Gasteiger partial charge on any atom is -0.481 e. The molecule has 1 aromatic carbocycles. The molecule has 18 heavy (non-hydrogen) atoms. The van der Waals surface area contributed by atoms with Crippen LogP contribution in [0, 0.1) is 12.8 Å². The van der Waals surface area contributed by atoms with Gasteiger partial charge in [-0.2, -0.15) is 0 Å². The van der Waals surface area contributed by atoms with Crippen LogP contribution >= 0.6 is 0 Å². The number of aliphatic carboxylic acids is 1. The van der Waals surface area contributed by atoms with Crippen LogP contribution < -0.4 is 0 Å². The summed E-state index contributed by atoms with van der Waals surface area (Å²) in [5.41, 5.74) is 2.13. The van der Waals surface area contributed by atoms with Crippen molar-refractivity contribution < 1.29 is 18.3 Å². The summed E-state index contributed by atoms with van der Waals surface area (Å²) in [6, 6.07) is 5.10. The van der Waals surface area contributed by atoms with Crippen LogP contribution in [0.25, 0.3) is 5.57 Å². The van der Waals surface area contributed by atoms with Gasteiger partial charge in [0.05, 0.1) is 11.3 Å². The van der Waals surface area contributed by atoms with Crippen molar-refractivity contribution in [3.8, 4) is 0 Å². The van der Waals surface area contributed by atoms with Crippen LogP contribution in [0.5, 0.6) is 0 Å². The highest BCUT2D eigenvalue weighted by atomic mass is 32.2. The van der Waals surface area contributed by atoms with Crippen molar-refractivity contribution in [2.45, 2.75) is 25.2 Å². The first-order valence-electron chi connectivity index (χ1n) is 5.61. The Morgan fingerprint density at radius 1 is 1.39 bits per heavy atom. The highest BCUT2D eigenvalue weighted by molar-refractivity contribution is 7.95. The maximum Gasteiger partial charge on any atom is 0.303 e. The van der Waals surface area contributed by atoms with Crippen molar-refractivity contribution in [1.82, 2.24) is 0 Å². The number of benzene rings is 1. The normalized spacial score (nSPS) is 18.0. The van der Waals surface area contributed by atoms with Gasteiger partial charge in [-0.3, -0.25) is 4.79 Å². The summed E-state index contributed by atoms with van der Waals surface area (Å²) >= 11 is 0. The fraction of sp³-hybridized carbons (Fsp3) is 0.308. The van der Waals surface area contributed by atoms with Crippen molar-refractivity contribution in [2.75, 3.05) is 0 Å². The van der Waals surface area contributed by atoms with E-state index in [1.54, 1.807) is 19.1 Å². The van der Waals surface area contributed by atoms with Gasteiger partial charge < -0.3 is 5.11 Å². The number of fused-ring (bicyclic) bond motifs is 1. The molecule has 2 rings (SSSR count). The largest absolute Gasteiger partial charge is 0.481 e. The molecule has 1 heterocycles. The number of sulfone groups is 1. The van der Waals surface area contributed by atoms with E-state index in [4.69, 9.17) is 5.11 Å². The lowest BCUT2D eigenvalue weighted by Gasteiger charge is -2.13. The van der Waals surface area contributed by atoms with Gasteiger partial charge in [-0.25, -0.2) is 8.42 Å². The van der Waals surface area contributed by atoms with Gasteiger partial charge in [0.2, 0.25) is 9.84 Å². The number of hydrogen-bond donors (Lipinski definition) is 1. The van der Waals surface area contributed by atoms with E-state index in [-0.39, 0.29) is 17.2 Å². The van der Waals surface area contributed by atoms with Gasteiger partial charge in [0, 0.05) is 11.0 Å². The zero-order chi connectivity index (χ0) is 13.5. The number of carboxylic acids is 1. The number of rotatable bonds is 3. The summed E-state index contributed by atoms with van der Waals surface area (Å²) in [6.45, 7) is 3.57. The molecular formula is C13H14O4S. The second kappa shape index (κ2) is 4.24. The lowest BCUT2D eigenvalue weighted by atomic mass is 9.90. The number of aryl methyl sites for hydroxylation is 1. The second-order valence-corrected chi connectivity index (χ2v) is 6.33. The van der Waals surface area contributed by atoms with E-state index >= 15 is 0 Å². The maximum absolute atomic E-state index is 12.0. The van der Waals surface area contributed by atoms with Crippen LogP contribution in [0.4, 0.5) is 0 Å². The third kappa shape index (κ3) is 2.06. The van der Waals surface area contributed by atoms with E-state index < -0.39 is 15.8 Å². The topological polar surface area (TPSA) is 71.4 Å². The quantitative estimate of drug-likeness (QED) is 0.910. The van der Waals surface area contributed by atoms with E-state index in [2.05, 4.69) is 0 Å². The molecule has 1 unspecified atom stereocenters. The van der Waals surface area contributed by atoms with Crippen molar-refractivity contribution >= 4 is 21.4 Å². The third-order valence-corrected chi connectivity index (χ3v) is 4.64. The molecule has 5 heteroatoms. The highest BCUT2D eigenvalue weighted by Gasteiger charge is 2.31. The minimum atomic E-state index is -3.41. The van der Waals surface area contributed by atoms with Gasteiger partial charge in [0.15, 0.2) is 0 Å². The average Bonchev–Trinajstić information content (AvgIpc) is 2.52. The van der Waals surface area contributed by atoms with Gasteiger partial charge in [-0.05, 0) is 30.0 Å². The summed E-state index contributed by atoms with van der Waals surface area (Å²) in [5.74, 6) is -1.25. The van der Waals surface area contributed by atoms with Crippen LogP contribution in [-0.4, -0.2) is 19.5 Å². The van der Waals surface area contributed by atoms with Crippen molar-refractivity contribution in [3.63, 3.8) is 0 Å². The molecule has 1 atom stereocenters. The fourth-order valence-corrected chi connectivity index (χ4v) is 3.91. The molecule has 0 fully saturated rings. The molecule has 0 bridgehead atoms. The van der Waals surface area contributed by atoms with Gasteiger partial charge in [-0.15, -0.1) is 0 Å². The number of carboxylic acid groups (broad SMARTS) is 1. The summed E-state index contributed by atoms with van der Waals surface area (Å²) in [7, 11) is -3.41. The zero-order valence-corrected chi connectivity index (χ0v) is 11.0. The van der Waals surface area contributed by atoms with Gasteiger partial charge >= 0.3 is 5.97 Å². The van der Waals surface area contributed by atoms with Gasteiger partial charge in [0.1, 0.15) is 0 Å². The van der Waals surface area contributed by atoms with Crippen molar-refractivity contribution in [3.05, 3.63) is 34.7 Å². The van der Waals surface area contributed by atoms with Crippen molar-refractivity contribution in [2.24, 2.45) is 5.92 Å². The Kier molecular flexibility index (Phi) is 3.02. The third-order valence-electron chi connectivity index (χ3n) is 3.12. The number of hydrogen-bond acceptors (Lipinski definition) is 3. The van der Waals surface area contributed by atoms with E-state index in [1.807, 2.05) is 13.0 Å². The molecule has 0 spiro atoms. The van der Waals surface area contributed by atoms with Gasteiger partial charge in [-0.1, -0.05) is 19.1 Å². The number of allylic oxidation sites excluding steroid dienone is 1. The lowest BCUT2D eigenvalue weighted by molar-refractivity contribution is -0.137. The molecule has 0 radical (unpaired) electrons. The molecule has 96 valence electrons. The van der Waals surface area contributed by atoms with Crippen LogP contribution in [0.2, 0.25) is 0 Å². The Morgan fingerprint density at radius 2 is 2.06 bits per heavy atom. The predicted molar refractivity (Wildman–Crippen MR) is 67.8 cm³/mol. The summed E-state index contributed by atoms with van der Waals surface area (Å²) in [6.07, 6.45) is -0.0743. The molecule has 0 aliphatic carbocycles. The zero-order valence-electron chi connectivity index (χ0n) is 10.2. The first-order chi connectivity index (χ1) is 8.33. The van der Waals surface area contributed by atoms with E-state index in [1.165, 1.54) is 5.41 Å². The smallest absolute Gasteiger partial charge is 0.303 e. The minimum absolute atomic E-state index is 0.0743. The average molecular weight is 266 g/mol. The monoisotopic (exact) mass is 266 g/mol. The second-order valence-electron chi connectivity index (χ2n) is 4.57. The molecule has 1 N–H and O–H groups in total. The Labute approximate surface area is 106 Å². The summed E-state index contributed by atoms with van der Waals surface area (Å²) < 4.78 is 24.0. The molecule has 0 saturated heterocycles. The van der Waals surface area contributed by atoms with Crippen LogP contribution in [0.1, 0.15) is 24.5 Å². The lowest BCUT2D eigenvalue weighted by Crippen LogP contribution is -2.06. The maximum atomic E-state index is 12.0. The van der Waals surface area contributed by atoms with Crippen LogP contribution in [0.15, 0.2) is 28.5 Å². The first kappa shape index (κ1) is 12.8. The van der Waals surface area contributed by atoms with Crippen LogP contribution in [-0.2, 0) is 14.6 Å². The predicted octanol–water partition coefficient (Wildman–Crippen LogP) is 2.23. The van der Waals surface area contributed by atoms with E-state index in [0.717, 1.165) is 5.56 Å². The standard InChI is InChI=1S/C13H14O4S/c1-8-4-3-5-11-13(8)10(7-18(11,16)17)9(2)6-12(14)15/h3-5,7,9H,6H2,1-2H3,(H,14,15). The first-order valence-corrected chi connectivity index (χ1v) is 7.16. The molecular weight excluding hydrogens is 252 g/mol. The Morgan fingerprint density at radius 3 is 2.67 bits per heavy atom. The molecule has 0 amide bonds. The molecule has 0 saturated carbocycles. The molecule has 1 aliphatic rings. The van der Waals surface area contributed by atoms with Crippen molar-refractivity contribution in [1.29, 1.82) is 0 Å². The molecule has 0 aromatic heterocycles. The Hall–Kier alpha value is -1.62. The SMILES string of the molecule is Cc1cccc2c1C(C(C)CC(=O)O)=CS2(=O)=O. The Balaban J connectivity index is 2.57. The van der Waals surface area contributed by atoms with E-state index in [9.17, 15) is 13.2 Å². The fourth-order valence-electron chi connectivity index (χ4n) is 2.27.